The highest BCUT2D eigenvalue weighted by molar-refractivity contribution is 9.10. The van der Waals surface area contributed by atoms with Crippen molar-refractivity contribution in [2.24, 2.45) is 5.41 Å². The second kappa shape index (κ2) is 3.82. The van der Waals surface area contributed by atoms with Crippen LogP contribution in [0.1, 0.15) is 18.4 Å². The molecular formula is C13H12BrNO3. The van der Waals surface area contributed by atoms with Crippen molar-refractivity contribution in [1.29, 1.82) is 0 Å². The van der Waals surface area contributed by atoms with Crippen molar-refractivity contribution in [2.75, 3.05) is 11.4 Å². The molecule has 1 aromatic carbocycles. The summed E-state index contributed by atoms with van der Waals surface area (Å²) in [5, 5.41) is 9.18. The zero-order chi connectivity index (χ0) is 12.9. The summed E-state index contributed by atoms with van der Waals surface area (Å²) in [4.78, 5) is 25.2. The van der Waals surface area contributed by atoms with Crippen LogP contribution in [0, 0.1) is 5.41 Å². The van der Waals surface area contributed by atoms with Crippen molar-refractivity contribution in [3.63, 3.8) is 0 Å². The van der Waals surface area contributed by atoms with Crippen molar-refractivity contribution >= 4 is 33.5 Å². The van der Waals surface area contributed by atoms with Crippen LogP contribution in [0.5, 0.6) is 0 Å². The summed E-state index contributed by atoms with van der Waals surface area (Å²) < 4.78 is 0.904. The summed E-state index contributed by atoms with van der Waals surface area (Å²) in [6.07, 6.45) is 1.71. The van der Waals surface area contributed by atoms with Gasteiger partial charge in [-0.2, -0.15) is 0 Å². The molecule has 4 nitrogen and oxygen atoms in total. The minimum atomic E-state index is -1.15. The minimum absolute atomic E-state index is 0.258. The van der Waals surface area contributed by atoms with Gasteiger partial charge in [0.2, 0.25) is 5.91 Å². The maximum absolute atomic E-state index is 12.4. The van der Waals surface area contributed by atoms with E-state index < -0.39 is 11.4 Å². The van der Waals surface area contributed by atoms with Gasteiger partial charge in [-0.25, -0.2) is 0 Å². The van der Waals surface area contributed by atoms with E-state index in [4.69, 9.17) is 0 Å². The number of fused-ring (bicyclic) bond motifs is 1. The molecule has 5 heteroatoms. The number of carbonyl (C=O) groups excluding carboxylic acids is 1. The highest BCUT2D eigenvalue weighted by atomic mass is 79.9. The number of carboxylic acids is 1. The fraction of sp³-hybridized carbons (Fsp3) is 0.385. The van der Waals surface area contributed by atoms with Crippen LogP contribution >= 0.6 is 15.9 Å². The van der Waals surface area contributed by atoms with Crippen LogP contribution in [0.2, 0.25) is 0 Å². The third-order valence-corrected chi connectivity index (χ3v) is 4.25. The summed E-state index contributed by atoms with van der Waals surface area (Å²) in [7, 11) is 0. The van der Waals surface area contributed by atoms with E-state index >= 15 is 0 Å². The number of benzene rings is 1. The largest absolute Gasteiger partial charge is 0.480 e. The Bertz CT molecular complexity index is 551. The first-order valence-corrected chi connectivity index (χ1v) is 6.68. The topological polar surface area (TPSA) is 57.6 Å². The maximum atomic E-state index is 12.4. The second-order valence-corrected chi connectivity index (χ2v) is 5.78. The zero-order valence-electron chi connectivity index (χ0n) is 9.65. The third-order valence-electron chi connectivity index (χ3n) is 3.76. The summed E-state index contributed by atoms with van der Waals surface area (Å²) in [6.45, 7) is 0.583. The number of hydrogen-bond donors (Lipinski definition) is 1. The van der Waals surface area contributed by atoms with E-state index in [0.717, 1.165) is 22.1 Å². The van der Waals surface area contributed by atoms with Gasteiger partial charge < -0.3 is 10.0 Å². The molecule has 0 aromatic heterocycles. The lowest BCUT2D eigenvalue weighted by Gasteiger charge is -2.21. The Morgan fingerprint density at radius 1 is 1.33 bits per heavy atom. The first kappa shape index (κ1) is 11.7. The van der Waals surface area contributed by atoms with Gasteiger partial charge >= 0.3 is 5.97 Å². The van der Waals surface area contributed by atoms with E-state index in [1.165, 1.54) is 0 Å². The van der Waals surface area contributed by atoms with Crippen molar-refractivity contribution in [2.45, 2.75) is 19.3 Å². The van der Waals surface area contributed by atoms with Crippen molar-refractivity contribution in [1.82, 2.24) is 0 Å². The van der Waals surface area contributed by atoms with Crippen LogP contribution in [0.3, 0.4) is 0 Å². The van der Waals surface area contributed by atoms with Gasteiger partial charge in [0.15, 0.2) is 0 Å². The number of aliphatic carboxylic acids is 1. The van der Waals surface area contributed by atoms with E-state index in [9.17, 15) is 14.7 Å². The highest BCUT2D eigenvalue weighted by Crippen LogP contribution is 2.49. The molecule has 0 radical (unpaired) electrons. The summed E-state index contributed by atoms with van der Waals surface area (Å²) in [5.74, 6) is -1.25. The minimum Gasteiger partial charge on any atom is -0.480 e. The van der Waals surface area contributed by atoms with E-state index in [1.807, 2.05) is 18.2 Å². The molecule has 0 atom stereocenters. The van der Waals surface area contributed by atoms with Crippen molar-refractivity contribution in [3.05, 3.63) is 28.2 Å². The quantitative estimate of drug-likeness (QED) is 0.852. The van der Waals surface area contributed by atoms with Crippen LogP contribution in [-0.2, 0) is 16.0 Å². The van der Waals surface area contributed by atoms with E-state index in [0.29, 0.717) is 19.4 Å². The van der Waals surface area contributed by atoms with Crippen LogP contribution in [0.25, 0.3) is 0 Å². The number of nitrogens with zero attached hydrogens (tertiary/aromatic N) is 1. The Morgan fingerprint density at radius 3 is 2.67 bits per heavy atom. The Morgan fingerprint density at radius 2 is 2.06 bits per heavy atom. The average Bonchev–Trinajstić information content (AvgIpc) is 3.04. The molecular weight excluding hydrogens is 298 g/mol. The van der Waals surface area contributed by atoms with Crippen LogP contribution in [0.4, 0.5) is 5.69 Å². The Labute approximate surface area is 113 Å². The summed E-state index contributed by atoms with van der Waals surface area (Å²) in [6, 6.07) is 5.81. The third kappa shape index (κ3) is 1.57. The second-order valence-electron chi connectivity index (χ2n) is 4.87. The molecule has 0 bridgehead atoms. The molecule has 0 unspecified atom stereocenters. The predicted octanol–water partition coefficient (Wildman–Crippen LogP) is 2.20. The summed E-state index contributed by atoms with van der Waals surface area (Å²) >= 11 is 3.38. The molecule has 1 amide bonds. The standard InChI is InChI=1S/C13H12BrNO3/c14-9-2-1-8-3-6-15(10(8)7-9)11(16)13(4-5-13)12(17)18/h1-2,7H,3-6H2,(H,17,18). The first-order chi connectivity index (χ1) is 8.54. The van der Waals surface area contributed by atoms with Crippen molar-refractivity contribution < 1.29 is 14.7 Å². The van der Waals surface area contributed by atoms with E-state index in [-0.39, 0.29) is 5.91 Å². The lowest BCUT2D eigenvalue weighted by molar-refractivity contribution is -0.148. The van der Waals surface area contributed by atoms with Gasteiger partial charge in [-0.3, -0.25) is 9.59 Å². The molecule has 0 saturated heterocycles. The molecule has 1 fully saturated rings. The SMILES string of the molecule is O=C(O)C1(C(=O)N2CCc3ccc(Br)cc32)CC1. The zero-order valence-corrected chi connectivity index (χ0v) is 11.2. The Kier molecular flexibility index (Phi) is 2.48. The molecule has 94 valence electrons. The van der Waals surface area contributed by atoms with Crippen molar-refractivity contribution in [3.8, 4) is 0 Å². The van der Waals surface area contributed by atoms with Gasteiger partial charge in [-0.1, -0.05) is 22.0 Å². The fourth-order valence-corrected chi connectivity index (χ4v) is 2.81. The lowest BCUT2D eigenvalue weighted by Crippen LogP contribution is -2.40. The van der Waals surface area contributed by atoms with Crippen LogP contribution in [0.15, 0.2) is 22.7 Å². The number of amides is 1. The lowest BCUT2D eigenvalue weighted by atomic mass is 10.1. The molecule has 2 aliphatic rings. The molecule has 1 aromatic rings. The van der Waals surface area contributed by atoms with Gasteiger partial charge in [0.05, 0.1) is 0 Å². The smallest absolute Gasteiger partial charge is 0.319 e. The molecule has 1 aliphatic carbocycles. The molecule has 1 N–H and O–H groups in total. The monoisotopic (exact) mass is 309 g/mol. The fourth-order valence-electron chi connectivity index (χ4n) is 2.47. The number of rotatable bonds is 2. The van der Waals surface area contributed by atoms with Gasteiger partial charge in [-0.15, -0.1) is 0 Å². The molecule has 0 spiro atoms. The Hall–Kier alpha value is -1.36. The van der Waals surface area contributed by atoms with Gasteiger partial charge in [-0.05, 0) is 37.0 Å². The molecule has 1 aliphatic heterocycles. The highest BCUT2D eigenvalue weighted by Gasteiger charge is 2.59. The predicted molar refractivity (Wildman–Crippen MR) is 69.5 cm³/mol. The normalized spacial score (nSPS) is 19.5. The first-order valence-electron chi connectivity index (χ1n) is 5.88. The maximum Gasteiger partial charge on any atom is 0.319 e. The number of carbonyl (C=O) groups is 2. The number of anilines is 1. The van der Waals surface area contributed by atoms with E-state index in [1.54, 1.807) is 4.90 Å². The number of halogens is 1. The molecule has 1 heterocycles. The van der Waals surface area contributed by atoms with Gasteiger partial charge in [0.1, 0.15) is 5.41 Å². The summed E-state index contributed by atoms with van der Waals surface area (Å²) in [5.41, 5.74) is 0.804. The van der Waals surface area contributed by atoms with Crippen LogP contribution < -0.4 is 4.90 Å². The van der Waals surface area contributed by atoms with E-state index in [2.05, 4.69) is 15.9 Å². The number of carboxylic acid groups (broad SMARTS) is 1. The molecule has 3 rings (SSSR count). The average molecular weight is 310 g/mol. The Balaban J connectivity index is 1.95. The number of hydrogen-bond acceptors (Lipinski definition) is 2. The molecule has 1 saturated carbocycles. The van der Waals surface area contributed by atoms with Crippen LogP contribution in [-0.4, -0.2) is 23.5 Å². The van der Waals surface area contributed by atoms with Gasteiger partial charge in [0.25, 0.3) is 0 Å². The van der Waals surface area contributed by atoms with Gasteiger partial charge in [0, 0.05) is 16.7 Å². The molecule has 18 heavy (non-hydrogen) atoms.